The molecule has 9 heteroatoms. The molecule has 2 aliphatic heterocycles. The van der Waals surface area contributed by atoms with E-state index in [1.54, 1.807) is 23.8 Å². The van der Waals surface area contributed by atoms with Gasteiger partial charge in [-0.1, -0.05) is 47.1 Å². The minimum Gasteiger partial charge on any atom is -0.467 e. The average molecular weight is 521 g/mol. The number of carbonyl (C=O) groups excluding carboxylic acids is 4. The third kappa shape index (κ3) is 7.55. The lowest BCUT2D eigenvalue weighted by Crippen LogP contribution is -2.59. The fourth-order valence-corrected chi connectivity index (χ4v) is 5.34. The van der Waals surface area contributed by atoms with Crippen LogP contribution in [-0.2, 0) is 23.9 Å². The summed E-state index contributed by atoms with van der Waals surface area (Å²) in [7, 11) is 5.01. The molecular weight excluding hydrogens is 472 g/mol. The summed E-state index contributed by atoms with van der Waals surface area (Å²) in [6.45, 7) is 12.9. The number of esters is 1. The molecule has 2 aliphatic rings. The molecule has 2 fully saturated rings. The summed E-state index contributed by atoms with van der Waals surface area (Å²) in [5, 5.41) is 3.06. The fourth-order valence-electron chi connectivity index (χ4n) is 5.34. The van der Waals surface area contributed by atoms with Gasteiger partial charge in [0.2, 0.25) is 17.7 Å². The van der Waals surface area contributed by atoms with E-state index in [1.165, 1.54) is 7.11 Å². The van der Waals surface area contributed by atoms with Gasteiger partial charge < -0.3 is 19.9 Å². The van der Waals surface area contributed by atoms with Crippen molar-refractivity contribution in [2.75, 3.05) is 34.3 Å². The monoisotopic (exact) mass is 520 g/mol. The normalized spacial score (nSPS) is 23.0. The Hall–Kier alpha value is -2.42. The molecule has 210 valence electrons. The minimum absolute atomic E-state index is 0.0208. The van der Waals surface area contributed by atoms with Gasteiger partial charge in [0.25, 0.3) is 0 Å². The summed E-state index contributed by atoms with van der Waals surface area (Å²) < 4.78 is 4.88. The first-order valence-electron chi connectivity index (χ1n) is 13.5. The second-order valence-electron chi connectivity index (χ2n) is 12.0. The van der Waals surface area contributed by atoms with Gasteiger partial charge in [0.1, 0.15) is 12.1 Å². The number of rotatable bonds is 8. The number of methoxy groups -OCH3 is 1. The van der Waals surface area contributed by atoms with Gasteiger partial charge in [-0.05, 0) is 57.5 Å². The van der Waals surface area contributed by atoms with Crippen LogP contribution in [0.1, 0.15) is 73.6 Å². The molecule has 2 saturated heterocycles. The second-order valence-corrected chi connectivity index (χ2v) is 12.0. The maximum absolute atomic E-state index is 13.8. The largest absolute Gasteiger partial charge is 0.467 e. The Bertz CT molecular complexity index is 878. The van der Waals surface area contributed by atoms with Gasteiger partial charge in [0.15, 0.2) is 0 Å². The molecule has 4 atom stereocenters. The SMILES string of the molecule is COC(=O)[C@@H]1CCCN1C(=O)C(C)=C[C@H](C(C)C)N(C)C(=O)C(NC(=O)C1CCCCN1C)C(C)(C)C. The molecule has 3 amide bonds. The number of nitrogens with zero attached hydrogens (tertiary/aromatic N) is 3. The molecule has 0 bridgehead atoms. The van der Waals surface area contributed by atoms with Crippen LogP contribution in [0.2, 0.25) is 0 Å². The zero-order valence-corrected chi connectivity index (χ0v) is 24.3. The number of likely N-dealkylation sites (tertiary alicyclic amines) is 2. The van der Waals surface area contributed by atoms with Crippen molar-refractivity contribution >= 4 is 23.7 Å². The first-order valence-corrected chi connectivity index (χ1v) is 13.5. The highest BCUT2D eigenvalue weighted by Crippen LogP contribution is 2.26. The fraction of sp³-hybridized carbons (Fsp3) is 0.786. The highest BCUT2D eigenvalue weighted by atomic mass is 16.5. The number of hydrogen-bond donors (Lipinski definition) is 1. The van der Waals surface area contributed by atoms with Crippen LogP contribution in [-0.4, -0.2) is 96.9 Å². The van der Waals surface area contributed by atoms with Crippen molar-refractivity contribution < 1.29 is 23.9 Å². The van der Waals surface area contributed by atoms with Gasteiger partial charge in [0, 0.05) is 19.2 Å². The molecule has 0 aromatic heterocycles. The van der Waals surface area contributed by atoms with Crippen molar-refractivity contribution in [3.63, 3.8) is 0 Å². The first kappa shape index (κ1) is 30.8. The van der Waals surface area contributed by atoms with E-state index < -0.39 is 23.5 Å². The van der Waals surface area contributed by atoms with Gasteiger partial charge in [-0.3, -0.25) is 19.3 Å². The van der Waals surface area contributed by atoms with E-state index >= 15 is 0 Å². The van der Waals surface area contributed by atoms with Gasteiger partial charge in [-0.25, -0.2) is 4.79 Å². The lowest BCUT2D eigenvalue weighted by atomic mass is 9.84. The Morgan fingerprint density at radius 1 is 1.03 bits per heavy atom. The summed E-state index contributed by atoms with van der Waals surface area (Å²) >= 11 is 0. The molecule has 0 aliphatic carbocycles. The van der Waals surface area contributed by atoms with Gasteiger partial charge in [0.05, 0.1) is 19.2 Å². The number of hydrogen-bond acceptors (Lipinski definition) is 6. The van der Waals surface area contributed by atoms with Gasteiger partial charge in [-0.15, -0.1) is 0 Å². The Kier molecular flexibility index (Phi) is 10.7. The molecule has 2 heterocycles. The molecule has 0 saturated carbocycles. The third-order valence-corrected chi connectivity index (χ3v) is 7.70. The van der Waals surface area contributed by atoms with Crippen molar-refractivity contribution in [3.8, 4) is 0 Å². The maximum atomic E-state index is 13.8. The number of nitrogens with one attached hydrogen (secondary N) is 1. The number of ether oxygens (including phenoxy) is 1. The molecule has 2 rings (SSSR count). The van der Waals surface area contributed by atoms with E-state index in [0.29, 0.717) is 18.5 Å². The molecule has 0 aromatic rings. The predicted molar refractivity (Wildman–Crippen MR) is 144 cm³/mol. The highest BCUT2D eigenvalue weighted by Gasteiger charge is 2.40. The van der Waals surface area contributed by atoms with Crippen LogP contribution in [0.3, 0.4) is 0 Å². The average Bonchev–Trinajstić information content (AvgIpc) is 3.33. The van der Waals surface area contributed by atoms with E-state index in [-0.39, 0.29) is 35.7 Å². The highest BCUT2D eigenvalue weighted by molar-refractivity contribution is 5.96. The molecule has 0 aromatic carbocycles. The molecule has 37 heavy (non-hydrogen) atoms. The van der Waals surface area contributed by atoms with Crippen molar-refractivity contribution in [3.05, 3.63) is 11.6 Å². The zero-order valence-electron chi connectivity index (χ0n) is 24.3. The minimum atomic E-state index is -0.715. The molecule has 1 N–H and O–H groups in total. The van der Waals surface area contributed by atoms with Crippen LogP contribution < -0.4 is 5.32 Å². The van der Waals surface area contributed by atoms with Crippen LogP contribution in [0, 0.1) is 11.3 Å². The molecule has 0 spiro atoms. The predicted octanol–water partition coefficient (Wildman–Crippen LogP) is 2.59. The lowest BCUT2D eigenvalue weighted by molar-refractivity contribution is -0.149. The summed E-state index contributed by atoms with van der Waals surface area (Å²) in [6, 6.07) is -1.89. The summed E-state index contributed by atoms with van der Waals surface area (Å²) in [6.07, 6.45) is 5.99. The zero-order chi connectivity index (χ0) is 28.1. The quantitative estimate of drug-likeness (QED) is 0.390. The molecule has 9 nitrogen and oxygen atoms in total. The summed E-state index contributed by atoms with van der Waals surface area (Å²) in [4.78, 5) is 57.7. The van der Waals surface area contributed by atoms with Crippen molar-refractivity contribution in [1.82, 2.24) is 20.0 Å². The van der Waals surface area contributed by atoms with Gasteiger partial charge >= 0.3 is 5.97 Å². The number of likely N-dealkylation sites (N-methyl/N-ethyl adjacent to an activating group) is 2. The smallest absolute Gasteiger partial charge is 0.328 e. The summed E-state index contributed by atoms with van der Waals surface area (Å²) in [5.74, 6) is -0.913. The molecule has 2 unspecified atom stereocenters. The van der Waals surface area contributed by atoms with E-state index in [0.717, 1.165) is 32.2 Å². The Balaban J connectivity index is 2.25. The Labute approximate surface area is 222 Å². The second kappa shape index (κ2) is 12.9. The molecule has 0 radical (unpaired) electrons. The third-order valence-electron chi connectivity index (χ3n) is 7.70. The standard InChI is InChI=1S/C28H48N4O5/c1-18(2)22(17-19(3)25(34)32-16-12-14-21(32)27(36)37-9)31(8)26(35)23(28(4,5)6)29-24(33)20-13-10-11-15-30(20)7/h17-18,20-23H,10-16H2,1-9H3,(H,29,33)/t20?,21-,22+,23?/m0/s1. The van der Waals surface area contributed by atoms with Crippen LogP contribution in [0.4, 0.5) is 0 Å². The topological polar surface area (TPSA) is 99.3 Å². The maximum Gasteiger partial charge on any atom is 0.328 e. The number of piperidine rings is 1. The Morgan fingerprint density at radius 2 is 1.65 bits per heavy atom. The number of carbonyl (C=O) groups is 4. The van der Waals surface area contributed by atoms with E-state index in [4.69, 9.17) is 4.74 Å². The van der Waals surface area contributed by atoms with Gasteiger partial charge in [-0.2, -0.15) is 0 Å². The van der Waals surface area contributed by atoms with Crippen molar-refractivity contribution in [2.45, 2.75) is 97.8 Å². The van der Waals surface area contributed by atoms with E-state index in [2.05, 4.69) is 10.2 Å². The van der Waals surface area contributed by atoms with Crippen molar-refractivity contribution in [1.29, 1.82) is 0 Å². The van der Waals surface area contributed by atoms with E-state index in [1.807, 2.05) is 47.7 Å². The summed E-state index contributed by atoms with van der Waals surface area (Å²) in [5.41, 5.74) is -0.0255. The van der Waals surface area contributed by atoms with Crippen LogP contribution in [0.25, 0.3) is 0 Å². The van der Waals surface area contributed by atoms with Crippen molar-refractivity contribution in [2.24, 2.45) is 11.3 Å². The lowest BCUT2D eigenvalue weighted by Gasteiger charge is -2.39. The Morgan fingerprint density at radius 3 is 2.19 bits per heavy atom. The first-order chi connectivity index (χ1) is 17.2. The van der Waals surface area contributed by atoms with Crippen LogP contribution >= 0.6 is 0 Å². The van der Waals surface area contributed by atoms with Crippen LogP contribution in [0.5, 0.6) is 0 Å². The number of amides is 3. The van der Waals surface area contributed by atoms with E-state index in [9.17, 15) is 19.2 Å². The van der Waals surface area contributed by atoms with Crippen LogP contribution in [0.15, 0.2) is 11.6 Å². The molecular formula is C28H48N4O5.